The summed E-state index contributed by atoms with van der Waals surface area (Å²) in [6.45, 7) is 6.97. The van der Waals surface area contributed by atoms with Crippen molar-refractivity contribution in [3.8, 4) is 10.7 Å². The predicted molar refractivity (Wildman–Crippen MR) is 130 cm³/mol. The van der Waals surface area contributed by atoms with Crippen molar-refractivity contribution >= 4 is 33.0 Å². The minimum absolute atomic E-state index is 0.0144. The van der Waals surface area contributed by atoms with E-state index in [4.69, 9.17) is 4.52 Å². The normalized spacial score (nSPS) is 19.1. The van der Waals surface area contributed by atoms with E-state index in [2.05, 4.69) is 10.1 Å². The zero-order valence-corrected chi connectivity index (χ0v) is 21.2. The Bertz CT molecular complexity index is 1330. The fourth-order valence-corrected chi connectivity index (χ4v) is 7.70. The van der Waals surface area contributed by atoms with Gasteiger partial charge in [-0.05, 0) is 43.9 Å². The van der Waals surface area contributed by atoms with Gasteiger partial charge in [0.25, 0.3) is 0 Å². The number of thiophene rings is 1. The van der Waals surface area contributed by atoms with Gasteiger partial charge in [0.15, 0.2) is 0 Å². The van der Waals surface area contributed by atoms with Gasteiger partial charge in [-0.2, -0.15) is 9.29 Å². The quantitative estimate of drug-likeness (QED) is 0.520. The number of para-hydroxylation sites is 1. The molecule has 1 fully saturated rings. The number of carbonyl (C=O) groups is 1. The van der Waals surface area contributed by atoms with E-state index >= 15 is 0 Å². The zero-order chi connectivity index (χ0) is 24.0. The number of benzene rings is 1. The summed E-state index contributed by atoms with van der Waals surface area (Å²) in [5.41, 5.74) is 2.12. The minimum atomic E-state index is -3.75. The van der Waals surface area contributed by atoms with Crippen molar-refractivity contribution in [1.29, 1.82) is 0 Å². The predicted octanol–water partition coefficient (Wildman–Crippen LogP) is 4.22. The van der Waals surface area contributed by atoms with Gasteiger partial charge >= 0.3 is 0 Å². The Morgan fingerprint density at radius 2 is 2.03 bits per heavy atom. The first-order valence-corrected chi connectivity index (χ1v) is 13.8. The fraction of sp³-hybridized carbons (Fsp3) is 0.458. The number of hydrogen-bond acceptors (Lipinski definition) is 7. The first-order chi connectivity index (χ1) is 16.3. The molecule has 0 bridgehead atoms. The summed E-state index contributed by atoms with van der Waals surface area (Å²) in [5.74, 6) is 0.680. The minimum Gasteiger partial charge on any atom is -0.339 e. The van der Waals surface area contributed by atoms with Crippen LogP contribution < -0.4 is 4.90 Å². The first-order valence-electron chi connectivity index (χ1n) is 11.6. The lowest BCUT2D eigenvalue weighted by molar-refractivity contribution is -0.123. The summed E-state index contributed by atoms with van der Waals surface area (Å²) in [5, 5.41) is 4.02. The molecule has 0 aliphatic carbocycles. The Morgan fingerprint density at radius 1 is 1.24 bits per heavy atom. The van der Waals surface area contributed by atoms with E-state index in [1.165, 1.54) is 21.2 Å². The largest absolute Gasteiger partial charge is 0.339 e. The van der Waals surface area contributed by atoms with Crippen LogP contribution >= 0.6 is 11.3 Å². The average Bonchev–Trinajstić information content (AvgIpc) is 3.56. The number of sulfonamides is 1. The lowest BCUT2D eigenvalue weighted by Gasteiger charge is -2.33. The molecule has 1 saturated heterocycles. The molecule has 4 heterocycles. The maximum atomic E-state index is 13.6. The Hall–Kier alpha value is -2.56. The van der Waals surface area contributed by atoms with Gasteiger partial charge in [0.2, 0.25) is 27.6 Å². The van der Waals surface area contributed by atoms with Crippen LogP contribution in [-0.4, -0.2) is 48.4 Å². The van der Waals surface area contributed by atoms with Gasteiger partial charge in [-0.25, -0.2) is 8.42 Å². The van der Waals surface area contributed by atoms with Crippen molar-refractivity contribution in [3.05, 3.63) is 46.7 Å². The van der Waals surface area contributed by atoms with Crippen LogP contribution in [0.15, 0.2) is 39.8 Å². The molecular formula is C24H28N4O4S2. The third kappa shape index (κ3) is 4.08. The molecule has 1 atom stereocenters. The van der Waals surface area contributed by atoms with E-state index < -0.39 is 10.0 Å². The lowest BCUT2D eigenvalue weighted by Crippen LogP contribution is -2.46. The van der Waals surface area contributed by atoms with Crippen LogP contribution in [0, 0.1) is 12.8 Å². The molecule has 180 valence electrons. The highest BCUT2D eigenvalue weighted by Gasteiger charge is 2.38. The topological polar surface area (TPSA) is 96.6 Å². The standard InChI is InChI=1S/C24H28N4O4S2/c1-15(2)23-25-22(26-32-23)20-13-21(16(3)33-20)34(30,31)27-11-6-8-18(14-27)24(29)28-12-10-17-7-4-5-9-19(17)28/h4-5,7,9,13,15,18H,6,8,10-12,14H2,1-3H3/t18-/m0/s1. The second kappa shape index (κ2) is 8.90. The average molecular weight is 501 g/mol. The number of anilines is 1. The van der Waals surface area contributed by atoms with E-state index in [1.54, 1.807) is 13.0 Å². The highest BCUT2D eigenvalue weighted by Crippen LogP contribution is 2.36. The Balaban J connectivity index is 1.36. The smallest absolute Gasteiger partial charge is 0.244 e. The summed E-state index contributed by atoms with van der Waals surface area (Å²) < 4.78 is 34.0. The molecule has 2 aromatic heterocycles. The summed E-state index contributed by atoms with van der Waals surface area (Å²) in [7, 11) is -3.75. The molecule has 0 saturated carbocycles. The zero-order valence-electron chi connectivity index (χ0n) is 19.5. The van der Waals surface area contributed by atoms with Crippen molar-refractivity contribution in [3.63, 3.8) is 0 Å². The fourth-order valence-electron chi connectivity index (χ4n) is 4.69. The lowest BCUT2D eigenvalue weighted by atomic mass is 9.98. The SMILES string of the molecule is Cc1sc(-c2noc(C(C)C)n2)cc1S(=O)(=O)N1CCC[C@H](C(=O)N2CCc3ccccc32)C1. The maximum absolute atomic E-state index is 13.6. The van der Waals surface area contributed by atoms with Gasteiger partial charge in [0, 0.05) is 36.1 Å². The van der Waals surface area contributed by atoms with Gasteiger partial charge in [0.1, 0.15) is 0 Å². The number of amides is 1. The molecule has 2 aliphatic heterocycles. The number of nitrogens with zero attached hydrogens (tertiary/aromatic N) is 4. The van der Waals surface area contributed by atoms with E-state index in [1.807, 2.05) is 43.0 Å². The molecule has 10 heteroatoms. The molecule has 2 aliphatic rings. The number of aryl methyl sites for hydroxylation is 1. The molecule has 0 unspecified atom stereocenters. The number of hydrogen-bond donors (Lipinski definition) is 0. The van der Waals surface area contributed by atoms with Crippen LogP contribution in [-0.2, 0) is 21.2 Å². The van der Waals surface area contributed by atoms with E-state index in [0.717, 1.165) is 12.1 Å². The van der Waals surface area contributed by atoms with Gasteiger partial charge in [0.05, 0.1) is 15.7 Å². The number of fused-ring (bicyclic) bond motifs is 1. The van der Waals surface area contributed by atoms with E-state index in [0.29, 0.717) is 47.4 Å². The van der Waals surface area contributed by atoms with Gasteiger partial charge < -0.3 is 9.42 Å². The molecule has 0 N–H and O–H groups in total. The molecule has 1 amide bonds. The summed E-state index contributed by atoms with van der Waals surface area (Å²) in [4.78, 5) is 21.2. The van der Waals surface area contributed by atoms with Crippen LogP contribution in [0.5, 0.6) is 0 Å². The van der Waals surface area contributed by atoms with E-state index in [9.17, 15) is 13.2 Å². The van der Waals surface area contributed by atoms with Crippen molar-refractivity contribution in [2.45, 2.75) is 50.8 Å². The van der Waals surface area contributed by atoms with Crippen LogP contribution in [0.1, 0.15) is 48.9 Å². The first kappa shape index (κ1) is 23.2. The second-order valence-corrected chi connectivity index (χ2v) is 12.4. The molecule has 5 rings (SSSR count). The molecule has 3 aromatic rings. The second-order valence-electron chi connectivity index (χ2n) is 9.21. The number of piperidine rings is 1. The van der Waals surface area contributed by atoms with Crippen LogP contribution in [0.2, 0.25) is 0 Å². The number of rotatable bonds is 5. The Labute approximate surface area is 203 Å². The summed E-state index contributed by atoms with van der Waals surface area (Å²) in [6, 6.07) is 9.57. The summed E-state index contributed by atoms with van der Waals surface area (Å²) in [6.07, 6.45) is 2.18. The number of aromatic nitrogens is 2. The van der Waals surface area contributed by atoms with Crippen LogP contribution in [0.25, 0.3) is 10.7 Å². The molecule has 34 heavy (non-hydrogen) atoms. The van der Waals surface area contributed by atoms with Crippen molar-refractivity contribution < 1.29 is 17.7 Å². The highest BCUT2D eigenvalue weighted by molar-refractivity contribution is 7.89. The monoisotopic (exact) mass is 500 g/mol. The van der Waals surface area contributed by atoms with Crippen LogP contribution in [0.4, 0.5) is 5.69 Å². The molecule has 0 radical (unpaired) electrons. The maximum Gasteiger partial charge on any atom is 0.244 e. The van der Waals surface area contributed by atoms with Gasteiger partial charge in [-0.15, -0.1) is 11.3 Å². The summed E-state index contributed by atoms with van der Waals surface area (Å²) >= 11 is 1.34. The van der Waals surface area contributed by atoms with Gasteiger partial charge in [-0.3, -0.25) is 4.79 Å². The Kier molecular flexibility index (Phi) is 6.07. The number of carbonyl (C=O) groups excluding carboxylic acids is 1. The van der Waals surface area contributed by atoms with Crippen LogP contribution in [0.3, 0.4) is 0 Å². The molecular weight excluding hydrogens is 472 g/mol. The third-order valence-electron chi connectivity index (χ3n) is 6.53. The third-order valence-corrected chi connectivity index (χ3v) is 9.70. The Morgan fingerprint density at radius 3 is 2.79 bits per heavy atom. The molecule has 1 aromatic carbocycles. The van der Waals surface area contributed by atoms with Crippen molar-refractivity contribution in [1.82, 2.24) is 14.4 Å². The van der Waals surface area contributed by atoms with Gasteiger partial charge in [-0.1, -0.05) is 37.2 Å². The molecule has 8 nitrogen and oxygen atoms in total. The molecule has 0 spiro atoms. The van der Waals surface area contributed by atoms with E-state index in [-0.39, 0.29) is 29.2 Å². The highest BCUT2D eigenvalue weighted by atomic mass is 32.2. The van der Waals surface area contributed by atoms with Crippen molar-refractivity contribution in [2.24, 2.45) is 5.92 Å². The van der Waals surface area contributed by atoms with Crippen molar-refractivity contribution in [2.75, 3.05) is 24.5 Å².